The second-order valence-corrected chi connectivity index (χ2v) is 8.30. The first-order chi connectivity index (χ1) is 16.2. The number of ether oxygens (including phenoxy) is 1. The monoisotopic (exact) mass is 481 g/mol. The number of hydrogen-bond acceptors (Lipinski definition) is 4. The molecule has 2 N–H and O–H groups in total. The molecule has 174 valence electrons. The molecule has 0 spiro atoms. The Morgan fingerprint density at radius 3 is 2.50 bits per heavy atom. The summed E-state index contributed by atoms with van der Waals surface area (Å²) in [7, 11) is 1.34. The SMILES string of the molecule is Cc1cccc(C)c1NC(=O)N/N=C/c1ccc2c(cnn2-c2ccc(OC(F)(F)P)cc2)c1. The highest BCUT2D eigenvalue weighted by Gasteiger charge is 2.23. The Morgan fingerprint density at radius 1 is 1.12 bits per heavy atom. The third-order valence-corrected chi connectivity index (χ3v) is 5.14. The first-order valence-corrected chi connectivity index (χ1v) is 10.9. The van der Waals surface area contributed by atoms with E-state index >= 15 is 0 Å². The number of carbonyl (C=O) groups is 1. The lowest BCUT2D eigenvalue weighted by Crippen LogP contribution is -2.25. The molecule has 34 heavy (non-hydrogen) atoms. The van der Waals surface area contributed by atoms with Gasteiger partial charge in [0.05, 0.1) is 23.6 Å². The lowest BCUT2D eigenvalue weighted by atomic mass is 10.1. The molecule has 0 saturated carbocycles. The molecule has 0 bridgehead atoms. The van der Waals surface area contributed by atoms with Crippen LogP contribution in [0.15, 0.2) is 72.0 Å². The summed E-state index contributed by atoms with van der Waals surface area (Å²) in [5.41, 5.74) is 7.44. The smallest absolute Gasteiger partial charge is 0.408 e. The summed E-state index contributed by atoms with van der Waals surface area (Å²) in [6.45, 7) is 3.85. The molecular formula is C24H22F2N5O2P. The number of aryl methyl sites for hydroxylation is 2. The van der Waals surface area contributed by atoms with Crippen LogP contribution in [0.2, 0.25) is 0 Å². The Bertz CT molecular complexity index is 1340. The van der Waals surface area contributed by atoms with Gasteiger partial charge in [-0.2, -0.15) is 19.0 Å². The fraction of sp³-hybridized carbons (Fsp3) is 0.125. The molecule has 7 nitrogen and oxygen atoms in total. The van der Waals surface area contributed by atoms with Gasteiger partial charge in [-0.05, 0) is 76.2 Å². The number of carbonyl (C=O) groups excluding carboxylic acids is 1. The normalized spacial score (nSPS) is 11.7. The average molecular weight is 481 g/mol. The molecule has 1 atom stereocenters. The minimum Gasteiger partial charge on any atom is -0.430 e. The van der Waals surface area contributed by atoms with Crippen LogP contribution in [0, 0.1) is 13.8 Å². The van der Waals surface area contributed by atoms with Crippen LogP contribution in [0.1, 0.15) is 16.7 Å². The number of hydrogen-bond donors (Lipinski definition) is 2. The van der Waals surface area contributed by atoms with Crippen LogP contribution in [-0.2, 0) is 0 Å². The van der Waals surface area contributed by atoms with Gasteiger partial charge in [-0.25, -0.2) is 14.9 Å². The molecule has 1 heterocycles. The summed E-state index contributed by atoms with van der Waals surface area (Å²) in [5.74, 6) is -3.28. The molecule has 0 radical (unpaired) electrons. The number of amides is 2. The van der Waals surface area contributed by atoms with E-state index in [0.717, 1.165) is 33.3 Å². The Labute approximate surface area is 197 Å². The van der Waals surface area contributed by atoms with Gasteiger partial charge in [0.25, 0.3) is 0 Å². The molecule has 10 heteroatoms. The van der Waals surface area contributed by atoms with E-state index in [4.69, 9.17) is 0 Å². The van der Waals surface area contributed by atoms with Gasteiger partial charge >= 0.3 is 11.9 Å². The second-order valence-electron chi connectivity index (χ2n) is 7.62. The fourth-order valence-electron chi connectivity index (χ4n) is 3.47. The van der Waals surface area contributed by atoms with Gasteiger partial charge in [-0.3, -0.25) is 0 Å². The van der Waals surface area contributed by atoms with E-state index < -0.39 is 11.9 Å². The molecule has 3 aromatic carbocycles. The van der Waals surface area contributed by atoms with Crippen molar-refractivity contribution in [1.29, 1.82) is 0 Å². The summed E-state index contributed by atoms with van der Waals surface area (Å²) >= 11 is 0. The summed E-state index contributed by atoms with van der Waals surface area (Å²) in [4.78, 5) is 12.2. The maximum atomic E-state index is 13.0. The number of halogens is 2. The Balaban J connectivity index is 1.44. The van der Waals surface area contributed by atoms with Crippen molar-refractivity contribution in [3.8, 4) is 11.4 Å². The summed E-state index contributed by atoms with van der Waals surface area (Å²) in [6.07, 6.45) is 3.23. The van der Waals surface area contributed by atoms with Crippen LogP contribution in [0.4, 0.5) is 19.3 Å². The van der Waals surface area contributed by atoms with Gasteiger partial charge in [0.15, 0.2) is 0 Å². The Morgan fingerprint density at radius 2 is 1.82 bits per heavy atom. The van der Waals surface area contributed by atoms with Crippen molar-refractivity contribution >= 4 is 38.1 Å². The predicted molar refractivity (Wildman–Crippen MR) is 132 cm³/mol. The van der Waals surface area contributed by atoms with Crippen molar-refractivity contribution in [2.24, 2.45) is 5.10 Å². The minimum atomic E-state index is -3.33. The van der Waals surface area contributed by atoms with Crippen molar-refractivity contribution < 1.29 is 18.3 Å². The highest BCUT2D eigenvalue weighted by molar-refractivity contribution is 7.17. The van der Waals surface area contributed by atoms with Gasteiger partial charge in [-0.15, -0.1) is 0 Å². The second kappa shape index (κ2) is 9.57. The number of fused-ring (bicyclic) bond motifs is 1. The molecule has 0 aliphatic carbocycles. The van der Waals surface area contributed by atoms with Crippen LogP contribution in [0.3, 0.4) is 0 Å². The molecule has 2 amide bonds. The zero-order valence-electron chi connectivity index (χ0n) is 18.4. The maximum absolute atomic E-state index is 13.0. The van der Waals surface area contributed by atoms with E-state index in [1.54, 1.807) is 23.0 Å². The number of rotatable bonds is 6. The zero-order chi connectivity index (χ0) is 24.3. The topological polar surface area (TPSA) is 80.5 Å². The van der Waals surface area contributed by atoms with Gasteiger partial charge in [-0.1, -0.05) is 24.3 Å². The molecule has 0 saturated heterocycles. The lowest BCUT2D eigenvalue weighted by molar-refractivity contribution is -0.0892. The van der Waals surface area contributed by atoms with Crippen LogP contribution < -0.4 is 15.5 Å². The molecule has 1 aromatic heterocycles. The van der Waals surface area contributed by atoms with Crippen molar-refractivity contribution in [3.63, 3.8) is 0 Å². The highest BCUT2D eigenvalue weighted by atomic mass is 31.0. The van der Waals surface area contributed by atoms with Gasteiger partial charge in [0.2, 0.25) is 0 Å². The number of nitrogens with zero attached hydrogens (tertiary/aromatic N) is 3. The van der Waals surface area contributed by atoms with E-state index in [2.05, 4.69) is 25.7 Å². The molecule has 0 aliphatic rings. The van der Waals surface area contributed by atoms with Gasteiger partial charge in [0.1, 0.15) is 5.75 Å². The maximum Gasteiger partial charge on any atom is 0.408 e. The molecule has 0 aliphatic heterocycles. The minimum absolute atomic E-state index is 0.0489. The summed E-state index contributed by atoms with van der Waals surface area (Å²) in [6, 6.07) is 17.1. The predicted octanol–water partition coefficient (Wildman–Crippen LogP) is 5.60. The number of urea groups is 1. The average Bonchev–Trinajstić information content (AvgIpc) is 3.19. The zero-order valence-corrected chi connectivity index (χ0v) is 19.6. The highest BCUT2D eigenvalue weighted by Crippen LogP contribution is 2.28. The number of anilines is 1. The first-order valence-electron chi connectivity index (χ1n) is 10.3. The van der Waals surface area contributed by atoms with E-state index in [9.17, 15) is 13.6 Å². The van der Waals surface area contributed by atoms with E-state index in [1.807, 2.05) is 50.2 Å². The number of nitrogens with one attached hydrogen (secondary N) is 2. The van der Waals surface area contributed by atoms with E-state index in [-0.39, 0.29) is 5.75 Å². The quantitative estimate of drug-likeness (QED) is 0.214. The Kier molecular flexibility index (Phi) is 6.56. The van der Waals surface area contributed by atoms with Crippen molar-refractivity contribution in [2.45, 2.75) is 19.7 Å². The largest absolute Gasteiger partial charge is 0.430 e. The number of para-hydroxylation sites is 1. The molecule has 0 fully saturated rings. The summed E-state index contributed by atoms with van der Waals surface area (Å²) in [5, 5.41) is 12.0. The third-order valence-electron chi connectivity index (χ3n) is 5.03. The van der Waals surface area contributed by atoms with Crippen LogP contribution >= 0.6 is 9.24 Å². The van der Waals surface area contributed by atoms with Gasteiger partial charge in [0, 0.05) is 11.1 Å². The van der Waals surface area contributed by atoms with Crippen LogP contribution in [0.25, 0.3) is 16.6 Å². The fourth-order valence-corrected chi connectivity index (χ4v) is 3.60. The lowest BCUT2D eigenvalue weighted by Gasteiger charge is -2.13. The van der Waals surface area contributed by atoms with Crippen molar-refractivity contribution in [2.75, 3.05) is 5.32 Å². The van der Waals surface area contributed by atoms with Crippen molar-refractivity contribution in [1.82, 2.24) is 15.2 Å². The van der Waals surface area contributed by atoms with Crippen LogP contribution in [-0.4, -0.2) is 27.9 Å². The molecule has 4 rings (SSSR count). The number of aromatic nitrogens is 2. The van der Waals surface area contributed by atoms with E-state index in [1.165, 1.54) is 27.6 Å². The molecule has 1 unspecified atom stereocenters. The van der Waals surface area contributed by atoms with E-state index in [0.29, 0.717) is 5.69 Å². The van der Waals surface area contributed by atoms with Gasteiger partial charge < -0.3 is 10.1 Å². The number of benzene rings is 3. The van der Waals surface area contributed by atoms with Crippen molar-refractivity contribution in [3.05, 3.63) is 83.6 Å². The number of hydrazone groups is 1. The molecule has 4 aromatic rings. The standard InChI is InChI=1S/C24H22F2N5O2P/c1-15-4-3-5-16(2)22(15)29-23(32)30-27-13-17-6-11-21-18(12-17)14-28-31(21)19-7-9-20(10-8-19)33-24(25,26)34/h3-14H,34H2,1-2H3,(H2,29,30,32)/b27-13+. The Hall–Kier alpha value is -3.84. The third kappa shape index (κ3) is 5.55. The number of alkyl halides is 2. The first kappa shape index (κ1) is 23.3. The molecular weight excluding hydrogens is 459 g/mol. The van der Waals surface area contributed by atoms with Crippen LogP contribution in [0.5, 0.6) is 5.75 Å². The summed E-state index contributed by atoms with van der Waals surface area (Å²) < 4.78 is 32.2.